The summed E-state index contributed by atoms with van der Waals surface area (Å²) in [6.45, 7) is -1.10. The van der Waals surface area contributed by atoms with E-state index in [9.17, 15) is 18.4 Å². The summed E-state index contributed by atoms with van der Waals surface area (Å²) in [7, 11) is 0. The van der Waals surface area contributed by atoms with Crippen LogP contribution >= 0.6 is 0 Å². The maximum Gasteiger partial charge on any atom is 0.387 e. The number of halogens is 2. The van der Waals surface area contributed by atoms with Crippen molar-refractivity contribution in [2.24, 2.45) is 0 Å². The Kier molecular flexibility index (Phi) is 6.90. The lowest BCUT2D eigenvalue weighted by molar-refractivity contribution is -0.120. The molecule has 0 spiro atoms. The second-order valence-corrected chi connectivity index (χ2v) is 5.48. The Morgan fingerprint density at radius 1 is 1.08 bits per heavy atom. The van der Waals surface area contributed by atoms with E-state index >= 15 is 0 Å². The van der Waals surface area contributed by atoms with Gasteiger partial charge in [0.05, 0.1) is 6.54 Å². The summed E-state index contributed by atoms with van der Waals surface area (Å²) in [5, 5.41) is 7.64. The minimum absolute atomic E-state index is 0.0161. The van der Waals surface area contributed by atoms with Crippen molar-refractivity contribution in [2.45, 2.75) is 20.1 Å². The van der Waals surface area contributed by atoms with Gasteiger partial charge in [-0.3, -0.25) is 4.79 Å². The van der Waals surface area contributed by atoms with Gasteiger partial charge in [-0.1, -0.05) is 24.3 Å². The first-order chi connectivity index (χ1) is 12.4. The fourth-order valence-corrected chi connectivity index (χ4v) is 2.15. The molecule has 138 valence electrons. The van der Waals surface area contributed by atoms with E-state index in [1.807, 2.05) is 19.1 Å². The summed E-state index contributed by atoms with van der Waals surface area (Å²) in [6.07, 6.45) is 0. The van der Waals surface area contributed by atoms with Crippen LogP contribution in [0.2, 0.25) is 0 Å². The Morgan fingerprint density at radius 2 is 1.85 bits per heavy atom. The molecule has 0 aromatic heterocycles. The van der Waals surface area contributed by atoms with Gasteiger partial charge in [0, 0.05) is 12.2 Å². The molecule has 0 saturated carbocycles. The maximum atomic E-state index is 12.2. The number of rotatable bonds is 7. The third kappa shape index (κ3) is 6.76. The highest BCUT2D eigenvalue weighted by atomic mass is 19.3. The molecule has 26 heavy (non-hydrogen) atoms. The molecular formula is C18H19F2N3O3. The molecule has 3 amide bonds. The summed E-state index contributed by atoms with van der Waals surface area (Å²) < 4.78 is 28.7. The van der Waals surface area contributed by atoms with E-state index in [0.29, 0.717) is 11.3 Å². The van der Waals surface area contributed by atoms with Crippen LogP contribution in [0.15, 0.2) is 48.5 Å². The molecule has 8 heteroatoms. The van der Waals surface area contributed by atoms with E-state index < -0.39 is 18.5 Å². The predicted octanol–water partition coefficient (Wildman–Crippen LogP) is 3.03. The minimum atomic E-state index is -2.91. The Bertz CT molecular complexity index is 769. The van der Waals surface area contributed by atoms with Crippen LogP contribution in [-0.4, -0.2) is 25.1 Å². The maximum absolute atomic E-state index is 12.2. The van der Waals surface area contributed by atoms with Crippen molar-refractivity contribution in [3.8, 4) is 5.75 Å². The first kappa shape index (κ1) is 19.2. The van der Waals surface area contributed by atoms with Crippen molar-refractivity contribution in [3.63, 3.8) is 0 Å². The number of urea groups is 1. The largest absolute Gasteiger partial charge is 0.435 e. The highest BCUT2D eigenvalue weighted by molar-refractivity contribution is 5.92. The van der Waals surface area contributed by atoms with Gasteiger partial charge in [-0.2, -0.15) is 8.78 Å². The molecule has 2 aromatic carbocycles. The summed E-state index contributed by atoms with van der Waals surface area (Å²) in [5.74, 6) is -0.396. The van der Waals surface area contributed by atoms with E-state index in [1.54, 1.807) is 24.3 Å². The zero-order valence-electron chi connectivity index (χ0n) is 14.1. The van der Waals surface area contributed by atoms with Crippen molar-refractivity contribution >= 4 is 17.6 Å². The standard InChI is InChI=1S/C18H19F2N3O3/c1-12-4-2-6-14(8-12)23-18(25)22-11-16(24)21-10-13-5-3-7-15(9-13)26-17(19)20/h2-9,17H,10-11H2,1H3,(H,21,24)(H2,22,23,25). The molecule has 0 aliphatic rings. The van der Waals surface area contributed by atoms with Crippen LogP contribution in [0, 0.1) is 6.92 Å². The van der Waals surface area contributed by atoms with E-state index in [1.165, 1.54) is 12.1 Å². The van der Waals surface area contributed by atoms with Crippen LogP contribution in [0.3, 0.4) is 0 Å². The van der Waals surface area contributed by atoms with Crippen LogP contribution < -0.4 is 20.7 Å². The molecule has 6 nitrogen and oxygen atoms in total. The van der Waals surface area contributed by atoms with Gasteiger partial charge in [0.1, 0.15) is 5.75 Å². The molecule has 0 atom stereocenters. The Balaban J connectivity index is 1.74. The SMILES string of the molecule is Cc1cccc(NC(=O)NCC(=O)NCc2cccc(OC(F)F)c2)c1. The molecule has 0 fully saturated rings. The second kappa shape index (κ2) is 9.36. The van der Waals surface area contributed by atoms with Gasteiger partial charge < -0.3 is 20.7 Å². The van der Waals surface area contributed by atoms with Gasteiger partial charge in [-0.25, -0.2) is 4.79 Å². The smallest absolute Gasteiger partial charge is 0.387 e. The van der Waals surface area contributed by atoms with Crippen LogP contribution in [0.1, 0.15) is 11.1 Å². The fourth-order valence-electron chi connectivity index (χ4n) is 2.15. The number of carbonyl (C=O) groups is 2. The summed E-state index contributed by atoms with van der Waals surface area (Å²) >= 11 is 0. The molecule has 0 bridgehead atoms. The number of amides is 3. The Hall–Kier alpha value is -3.16. The Labute approximate surface area is 149 Å². The quantitative estimate of drug-likeness (QED) is 0.707. The van der Waals surface area contributed by atoms with E-state index in [4.69, 9.17) is 0 Å². The fraction of sp³-hybridized carbons (Fsp3) is 0.222. The van der Waals surface area contributed by atoms with Crippen LogP contribution in [-0.2, 0) is 11.3 Å². The second-order valence-electron chi connectivity index (χ2n) is 5.48. The third-order valence-corrected chi connectivity index (χ3v) is 3.30. The number of nitrogens with one attached hydrogen (secondary N) is 3. The van der Waals surface area contributed by atoms with Gasteiger partial charge in [-0.15, -0.1) is 0 Å². The first-order valence-corrected chi connectivity index (χ1v) is 7.84. The summed E-state index contributed by atoms with van der Waals surface area (Å²) in [4.78, 5) is 23.5. The van der Waals surface area contributed by atoms with Gasteiger partial charge in [-0.05, 0) is 42.3 Å². The number of aryl methyl sites for hydroxylation is 1. The normalized spacial score (nSPS) is 10.3. The molecule has 0 unspecified atom stereocenters. The third-order valence-electron chi connectivity index (χ3n) is 3.30. The van der Waals surface area contributed by atoms with Crippen molar-refractivity contribution in [3.05, 3.63) is 59.7 Å². The Morgan fingerprint density at radius 3 is 2.58 bits per heavy atom. The predicted molar refractivity (Wildman–Crippen MR) is 93.1 cm³/mol. The molecule has 0 radical (unpaired) electrons. The molecule has 0 aliphatic carbocycles. The highest BCUT2D eigenvalue weighted by Gasteiger charge is 2.07. The number of hydrogen-bond donors (Lipinski definition) is 3. The average molecular weight is 363 g/mol. The lowest BCUT2D eigenvalue weighted by atomic mass is 10.2. The van der Waals surface area contributed by atoms with Crippen molar-refractivity contribution in [2.75, 3.05) is 11.9 Å². The van der Waals surface area contributed by atoms with Gasteiger partial charge in [0.2, 0.25) is 5.91 Å². The number of alkyl halides is 2. The molecule has 0 aliphatic heterocycles. The van der Waals surface area contributed by atoms with Gasteiger partial charge >= 0.3 is 12.6 Å². The first-order valence-electron chi connectivity index (χ1n) is 7.84. The zero-order valence-corrected chi connectivity index (χ0v) is 14.1. The number of anilines is 1. The van der Waals surface area contributed by atoms with Crippen molar-refractivity contribution < 1.29 is 23.1 Å². The van der Waals surface area contributed by atoms with Gasteiger partial charge in [0.15, 0.2) is 0 Å². The van der Waals surface area contributed by atoms with Crippen molar-refractivity contribution in [1.82, 2.24) is 10.6 Å². The average Bonchev–Trinajstić information content (AvgIpc) is 2.58. The monoisotopic (exact) mass is 363 g/mol. The number of hydrogen-bond acceptors (Lipinski definition) is 3. The number of benzene rings is 2. The van der Waals surface area contributed by atoms with E-state index in [2.05, 4.69) is 20.7 Å². The highest BCUT2D eigenvalue weighted by Crippen LogP contribution is 2.15. The molecule has 2 aromatic rings. The summed E-state index contributed by atoms with van der Waals surface area (Å²) in [6, 6.07) is 12.8. The molecule has 0 heterocycles. The molecule has 2 rings (SSSR count). The molecular weight excluding hydrogens is 344 g/mol. The van der Waals surface area contributed by atoms with E-state index in [-0.39, 0.29) is 18.8 Å². The van der Waals surface area contributed by atoms with Crippen LogP contribution in [0.4, 0.5) is 19.3 Å². The molecule has 3 N–H and O–H groups in total. The molecule has 0 saturated heterocycles. The van der Waals surface area contributed by atoms with Crippen molar-refractivity contribution in [1.29, 1.82) is 0 Å². The van der Waals surface area contributed by atoms with E-state index in [0.717, 1.165) is 5.56 Å². The topological polar surface area (TPSA) is 79.5 Å². The lowest BCUT2D eigenvalue weighted by Crippen LogP contribution is -2.38. The number of carbonyl (C=O) groups excluding carboxylic acids is 2. The minimum Gasteiger partial charge on any atom is -0.435 e. The number of ether oxygens (including phenoxy) is 1. The zero-order chi connectivity index (χ0) is 18.9. The van der Waals surface area contributed by atoms with Crippen LogP contribution in [0.25, 0.3) is 0 Å². The summed E-state index contributed by atoms with van der Waals surface area (Å²) in [5.41, 5.74) is 2.22. The van der Waals surface area contributed by atoms with Gasteiger partial charge in [0.25, 0.3) is 0 Å². The lowest BCUT2D eigenvalue weighted by Gasteiger charge is -2.10. The van der Waals surface area contributed by atoms with Crippen LogP contribution in [0.5, 0.6) is 5.75 Å².